The summed E-state index contributed by atoms with van der Waals surface area (Å²) >= 11 is 13.7. The number of aliphatic hydroxyl groups excluding tert-OH is 4. The van der Waals surface area contributed by atoms with Crippen molar-refractivity contribution in [1.82, 2.24) is 19.8 Å². The summed E-state index contributed by atoms with van der Waals surface area (Å²) in [5, 5.41) is 52.5. The maximum absolute atomic E-state index is 13.0. The van der Waals surface area contributed by atoms with Crippen LogP contribution in [0, 0.1) is 22.7 Å². The molecule has 4 aromatic rings. The third-order valence-corrected chi connectivity index (χ3v) is 17.4. The lowest BCUT2D eigenvalue weighted by atomic mass is 9.61. The van der Waals surface area contributed by atoms with Crippen LogP contribution in [0.4, 0.5) is 0 Å². The lowest BCUT2D eigenvalue weighted by Crippen LogP contribution is -2.57. The second kappa shape index (κ2) is 22.1. The van der Waals surface area contributed by atoms with Crippen LogP contribution in [0.3, 0.4) is 0 Å². The molecular weight excluding hydrogens is 860 g/mol. The van der Waals surface area contributed by atoms with Gasteiger partial charge < -0.3 is 39.7 Å². The molecule has 4 atom stereocenters. The first-order valence-corrected chi connectivity index (χ1v) is 25.7. The number of halogens is 2. The third kappa shape index (κ3) is 11.2. The van der Waals surface area contributed by atoms with E-state index in [1.807, 2.05) is 36.4 Å². The number of pyridine rings is 2. The van der Waals surface area contributed by atoms with Crippen molar-refractivity contribution in [2.24, 2.45) is 22.7 Å². The second-order valence-corrected chi connectivity index (χ2v) is 21.3. The van der Waals surface area contributed by atoms with E-state index in [1.165, 1.54) is 70.6 Å². The van der Waals surface area contributed by atoms with E-state index in [0.29, 0.717) is 84.0 Å². The summed E-state index contributed by atoms with van der Waals surface area (Å²) in [7, 11) is 3.24. The highest BCUT2D eigenvalue weighted by Crippen LogP contribution is 2.51. The molecule has 2 aliphatic carbocycles. The van der Waals surface area contributed by atoms with Gasteiger partial charge >= 0.3 is 0 Å². The Kier molecular flexibility index (Phi) is 16.5. The highest BCUT2D eigenvalue weighted by molar-refractivity contribution is 6.32. The molecule has 2 aromatic carbocycles. The van der Waals surface area contributed by atoms with Crippen molar-refractivity contribution in [1.29, 1.82) is 0 Å². The van der Waals surface area contributed by atoms with Crippen molar-refractivity contribution in [2.75, 3.05) is 53.5 Å². The Morgan fingerprint density at radius 1 is 0.600 bits per heavy atom. The van der Waals surface area contributed by atoms with Gasteiger partial charge in [0.25, 0.3) is 0 Å². The predicted molar refractivity (Wildman–Crippen MR) is 261 cm³/mol. The molecule has 356 valence electrons. The van der Waals surface area contributed by atoms with Crippen molar-refractivity contribution in [3.8, 4) is 11.5 Å². The number of hydrogen-bond donors (Lipinski definition) is 4. The number of aromatic nitrogens is 2. The lowest BCUT2D eigenvalue weighted by Gasteiger charge is -2.52. The molecule has 0 spiro atoms. The van der Waals surface area contributed by atoms with Gasteiger partial charge in [0, 0.05) is 45.1 Å². The fraction of sp³-hybridized carbons (Fsp3) is 0.660. The number of fused-ring (bicyclic) bond motifs is 2. The Morgan fingerprint density at radius 3 is 1.37 bits per heavy atom. The first-order valence-electron chi connectivity index (χ1n) is 24.9. The zero-order chi connectivity index (χ0) is 45.6. The van der Waals surface area contributed by atoms with Gasteiger partial charge in [-0.3, -0.25) is 9.97 Å². The number of methoxy groups -OCH3 is 2. The van der Waals surface area contributed by atoms with E-state index in [9.17, 15) is 20.4 Å². The van der Waals surface area contributed by atoms with Crippen LogP contribution in [0.1, 0.15) is 145 Å². The average Bonchev–Trinajstić information content (AvgIpc) is 3.87. The molecule has 0 radical (unpaired) electrons. The summed E-state index contributed by atoms with van der Waals surface area (Å²) < 4.78 is 11.1. The molecule has 65 heavy (non-hydrogen) atoms. The van der Waals surface area contributed by atoms with Crippen molar-refractivity contribution in [3.63, 3.8) is 0 Å². The number of ether oxygens (including phenoxy) is 2. The Balaban J connectivity index is 1.06. The predicted octanol–water partition coefficient (Wildman–Crippen LogP) is 10.9. The molecule has 0 bridgehead atoms. The van der Waals surface area contributed by atoms with Gasteiger partial charge in [0.15, 0.2) is 0 Å². The van der Waals surface area contributed by atoms with Gasteiger partial charge in [-0.15, -0.1) is 0 Å². The number of likely N-dealkylation sites (tertiary alicyclic amines) is 2. The normalized spacial score (nSPS) is 22.0. The average molecular weight is 934 g/mol. The quantitative estimate of drug-likeness (QED) is 0.0721. The van der Waals surface area contributed by atoms with E-state index in [-0.39, 0.29) is 0 Å². The number of piperidine rings is 2. The highest BCUT2D eigenvalue weighted by Gasteiger charge is 2.51. The SMILES string of the molecule is COc1ccc2ncc(Cl)c([C@@H](O)CCC3(C(O)C(O)C4(CC[C@H](O)c5c(Cl)cnc6ccc(OC)cc56)CCN(CCC5CCCC5)CC4)CCN(CCC4CCCCC4)CC3)c2c1. The van der Waals surface area contributed by atoms with Gasteiger partial charge in [0.05, 0.1) is 59.7 Å². The first kappa shape index (κ1) is 48.6. The first-order chi connectivity index (χ1) is 31.5. The lowest BCUT2D eigenvalue weighted by molar-refractivity contribution is -0.156. The summed E-state index contributed by atoms with van der Waals surface area (Å²) in [6.45, 7) is 5.44. The van der Waals surface area contributed by atoms with Crippen LogP contribution in [0.2, 0.25) is 10.0 Å². The number of aliphatic hydroxyl groups is 4. The topological polar surface area (TPSA) is 132 Å². The van der Waals surface area contributed by atoms with E-state index in [0.717, 1.165) is 72.9 Å². The van der Waals surface area contributed by atoms with E-state index in [4.69, 9.17) is 32.7 Å². The Hall–Kier alpha value is -2.80. The molecule has 2 saturated carbocycles. The summed E-state index contributed by atoms with van der Waals surface area (Å²) in [6, 6.07) is 11.2. The molecule has 12 heteroatoms. The smallest absolute Gasteiger partial charge is 0.119 e. The van der Waals surface area contributed by atoms with Crippen LogP contribution < -0.4 is 9.47 Å². The fourth-order valence-corrected chi connectivity index (χ4v) is 13.0. The Bertz CT molecular complexity index is 2170. The molecule has 10 nitrogen and oxygen atoms in total. The monoisotopic (exact) mass is 932 g/mol. The van der Waals surface area contributed by atoms with E-state index in [2.05, 4.69) is 19.8 Å². The third-order valence-electron chi connectivity index (χ3n) is 16.8. The minimum absolute atomic E-state index is 0.361. The molecule has 4 heterocycles. The van der Waals surface area contributed by atoms with Gasteiger partial charge in [-0.05, 0) is 152 Å². The van der Waals surface area contributed by atoms with Crippen LogP contribution in [-0.4, -0.2) is 106 Å². The van der Waals surface area contributed by atoms with Crippen molar-refractivity contribution >= 4 is 45.0 Å². The van der Waals surface area contributed by atoms with Gasteiger partial charge in [0.2, 0.25) is 0 Å². The minimum atomic E-state index is -1.04. The van der Waals surface area contributed by atoms with Crippen molar-refractivity contribution < 1.29 is 29.9 Å². The molecule has 2 aliphatic heterocycles. The molecule has 0 amide bonds. The van der Waals surface area contributed by atoms with Crippen LogP contribution in [0.5, 0.6) is 11.5 Å². The summed E-state index contributed by atoms with van der Waals surface area (Å²) in [6.07, 6.45) is 18.3. The molecular formula is C53H74Cl2N4O6. The molecule has 4 aliphatic rings. The van der Waals surface area contributed by atoms with Gasteiger partial charge in [-0.2, -0.15) is 0 Å². The number of rotatable bonds is 19. The summed E-state index contributed by atoms with van der Waals surface area (Å²) in [5.74, 6) is 2.90. The molecule has 4 fully saturated rings. The number of benzene rings is 2. The molecule has 2 aromatic heterocycles. The molecule has 2 unspecified atom stereocenters. The molecule has 2 saturated heterocycles. The zero-order valence-electron chi connectivity index (χ0n) is 38.9. The van der Waals surface area contributed by atoms with E-state index < -0.39 is 35.2 Å². The molecule has 4 N–H and O–H groups in total. The fourth-order valence-electron chi connectivity index (χ4n) is 12.4. The van der Waals surface area contributed by atoms with Crippen LogP contribution in [-0.2, 0) is 0 Å². The number of nitrogens with zero attached hydrogens (tertiary/aromatic N) is 4. The van der Waals surface area contributed by atoms with Crippen LogP contribution in [0.25, 0.3) is 21.8 Å². The maximum atomic E-state index is 13.0. The van der Waals surface area contributed by atoms with Gasteiger partial charge in [-0.1, -0.05) is 81.0 Å². The number of hydrogen-bond acceptors (Lipinski definition) is 10. The Morgan fingerprint density at radius 2 is 0.985 bits per heavy atom. The Labute approximate surface area is 397 Å². The van der Waals surface area contributed by atoms with Crippen molar-refractivity contribution in [2.45, 2.75) is 146 Å². The van der Waals surface area contributed by atoms with Gasteiger partial charge in [-0.25, -0.2) is 0 Å². The highest BCUT2D eigenvalue weighted by atomic mass is 35.5. The zero-order valence-corrected chi connectivity index (χ0v) is 40.4. The summed E-state index contributed by atoms with van der Waals surface area (Å²) in [4.78, 5) is 14.2. The van der Waals surface area contributed by atoms with Crippen LogP contribution >= 0.6 is 23.2 Å². The largest absolute Gasteiger partial charge is 0.497 e. The van der Waals surface area contributed by atoms with E-state index in [1.54, 1.807) is 26.6 Å². The minimum Gasteiger partial charge on any atom is -0.497 e. The molecule has 8 rings (SSSR count). The van der Waals surface area contributed by atoms with Gasteiger partial charge in [0.1, 0.15) is 11.5 Å². The standard InChI is InChI=1S/C53H74Cl2N4O6/c1-64-38-12-14-44-40(32-38)48(42(54)34-56-44)46(60)16-20-52(22-28-58(29-23-52)26-18-36-8-4-3-5-9-36)50(62)51(63)53(24-30-59(31-25-53)27-19-37-10-6-7-11-37)21-17-47(61)49-41-33-39(65-2)13-15-45(41)57-35-43(49)55/h12-15,32-37,46-47,50-51,60-63H,3-11,16-31H2,1-2H3/t46-,47-,50?,51?/m0/s1. The maximum Gasteiger partial charge on any atom is 0.119 e. The van der Waals surface area contributed by atoms with Crippen LogP contribution in [0.15, 0.2) is 48.8 Å². The second-order valence-electron chi connectivity index (χ2n) is 20.4. The summed E-state index contributed by atoms with van der Waals surface area (Å²) in [5.41, 5.74) is 1.37. The van der Waals surface area contributed by atoms with Crippen molar-refractivity contribution in [3.05, 3.63) is 70.0 Å². The van der Waals surface area contributed by atoms with E-state index >= 15 is 0 Å².